The zero-order valence-corrected chi connectivity index (χ0v) is 14.4. The summed E-state index contributed by atoms with van der Waals surface area (Å²) in [5, 5.41) is 3.08. The molecule has 1 atom stereocenters. The largest absolute Gasteiger partial charge is 0.350 e. The van der Waals surface area contributed by atoms with Crippen molar-refractivity contribution in [1.29, 1.82) is 0 Å². The van der Waals surface area contributed by atoms with E-state index in [1.165, 1.54) is 5.56 Å². The summed E-state index contributed by atoms with van der Waals surface area (Å²) in [6.07, 6.45) is 5.42. The molecule has 0 aliphatic heterocycles. The Morgan fingerprint density at radius 3 is 2.24 bits per heavy atom. The number of pyridine rings is 1. The van der Waals surface area contributed by atoms with Crippen molar-refractivity contribution in [3.8, 4) is 11.1 Å². The van der Waals surface area contributed by atoms with Crippen LogP contribution in [0.3, 0.4) is 0 Å². The van der Waals surface area contributed by atoms with Gasteiger partial charge in [-0.15, -0.1) is 0 Å². The van der Waals surface area contributed by atoms with Gasteiger partial charge in [-0.1, -0.05) is 42.5 Å². The molecule has 0 saturated heterocycles. The van der Waals surface area contributed by atoms with Crippen molar-refractivity contribution in [3.05, 3.63) is 90.3 Å². The van der Waals surface area contributed by atoms with Crippen LogP contribution in [-0.4, -0.2) is 16.9 Å². The standard InChI is InChI=1S/C22H22N2O/c1-17(7-8-18-5-3-2-4-6-18)24-22(25)21-11-9-19(10-12-21)20-13-15-23-16-14-20/h2-6,9-17H,7-8H2,1H3,(H,24,25). The van der Waals surface area contributed by atoms with E-state index in [0.717, 1.165) is 24.0 Å². The highest BCUT2D eigenvalue weighted by atomic mass is 16.1. The second-order valence-electron chi connectivity index (χ2n) is 6.21. The molecule has 126 valence electrons. The van der Waals surface area contributed by atoms with Crippen molar-refractivity contribution >= 4 is 5.91 Å². The number of benzene rings is 2. The fourth-order valence-electron chi connectivity index (χ4n) is 2.77. The number of nitrogens with one attached hydrogen (secondary N) is 1. The van der Waals surface area contributed by atoms with Crippen LogP contribution in [0.5, 0.6) is 0 Å². The summed E-state index contributed by atoms with van der Waals surface area (Å²) in [6.45, 7) is 2.05. The van der Waals surface area contributed by atoms with Gasteiger partial charge >= 0.3 is 0 Å². The van der Waals surface area contributed by atoms with Crippen molar-refractivity contribution in [3.63, 3.8) is 0 Å². The fraction of sp³-hybridized carbons (Fsp3) is 0.182. The first-order chi connectivity index (χ1) is 12.2. The second-order valence-corrected chi connectivity index (χ2v) is 6.21. The maximum Gasteiger partial charge on any atom is 0.251 e. The molecule has 1 N–H and O–H groups in total. The summed E-state index contributed by atoms with van der Waals surface area (Å²) in [5.41, 5.74) is 4.16. The topological polar surface area (TPSA) is 42.0 Å². The lowest BCUT2D eigenvalue weighted by Gasteiger charge is -2.14. The van der Waals surface area contributed by atoms with Crippen LogP contribution in [0.15, 0.2) is 79.1 Å². The third kappa shape index (κ3) is 4.77. The lowest BCUT2D eigenvalue weighted by molar-refractivity contribution is 0.0938. The summed E-state index contributed by atoms with van der Waals surface area (Å²) in [7, 11) is 0. The molecule has 1 amide bonds. The Hall–Kier alpha value is -2.94. The van der Waals surface area contributed by atoms with Gasteiger partial charge in [0.1, 0.15) is 0 Å². The predicted octanol–water partition coefficient (Wildman–Crippen LogP) is 4.50. The van der Waals surface area contributed by atoms with E-state index in [1.54, 1.807) is 12.4 Å². The van der Waals surface area contributed by atoms with E-state index in [-0.39, 0.29) is 11.9 Å². The van der Waals surface area contributed by atoms with E-state index in [2.05, 4.69) is 22.4 Å². The average molecular weight is 330 g/mol. The first kappa shape index (κ1) is 16.9. The molecule has 0 aliphatic carbocycles. The number of hydrogen-bond acceptors (Lipinski definition) is 2. The number of carbonyl (C=O) groups excluding carboxylic acids is 1. The molecule has 0 bridgehead atoms. The molecule has 1 aromatic heterocycles. The molecular weight excluding hydrogens is 308 g/mol. The van der Waals surface area contributed by atoms with Gasteiger partial charge in [0.25, 0.3) is 5.91 Å². The molecule has 1 heterocycles. The minimum Gasteiger partial charge on any atom is -0.350 e. The number of amides is 1. The van der Waals surface area contributed by atoms with E-state index in [4.69, 9.17) is 0 Å². The quantitative estimate of drug-likeness (QED) is 0.723. The first-order valence-corrected chi connectivity index (χ1v) is 8.57. The van der Waals surface area contributed by atoms with E-state index < -0.39 is 0 Å². The molecule has 3 heteroatoms. The van der Waals surface area contributed by atoms with Gasteiger partial charge < -0.3 is 5.32 Å². The SMILES string of the molecule is CC(CCc1ccccc1)NC(=O)c1ccc(-c2ccncc2)cc1. The van der Waals surface area contributed by atoms with Gasteiger partial charge in [-0.3, -0.25) is 9.78 Å². The van der Waals surface area contributed by atoms with E-state index in [9.17, 15) is 4.79 Å². The zero-order chi connectivity index (χ0) is 17.5. The molecule has 0 spiro atoms. The summed E-state index contributed by atoms with van der Waals surface area (Å²) < 4.78 is 0. The Morgan fingerprint density at radius 1 is 0.920 bits per heavy atom. The number of aromatic nitrogens is 1. The minimum atomic E-state index is -0.0261. The number of rotatable bonds is 6. The molecule has 0 aliphatic rings. The van der Waals surface area contributed by atoms with Gasteiger partial charge in [0, 0.05) is 24.0 Å². The first-order valence-electron chi connectivity index (χ1n) is 8.57. The smallest absolute Gasteiger partial charge is 0.251 e. The van der Waals surface area contributed by atoms with Crippen LogP contribution in [0.1, 0.15) is 29.3 Å². The van der Waals surface area contributed by atoms with Crippen LogP contribution in [0.4, 0.5) is 0 Å². The Labute approximate surface area is 148 Å². The van der Waals surface area contributed by atoms with Crippen molar-refractivity contribution in [2.75, 3.05) is 0 Å². The van der Waals surface area contributed by atoms with Crippen molar-refractivity contribution in [1.82, 2.24) is 10.3 Å². The number of nitrogens with zero attached hydrogens (tertiary/aromatic N) is 1. The zero-order valence-electron chi connectivity index (χ0n) is 14.4. The Bertz CT molecular complexity index is 798. The predicted molar refractivity (Wildman–Crippen MR) is 101 cm³/mol. The number of hydrogen-bond donors (Lipinski definition) is 1. The van der Waals surface area contributed by atoms with Crippen molar-refractivity contribution in [2.45, 2.75) is 25.8 Å². The molecule has 25 heavy (non-hydrogen) atoms. The molecule has 0 saturated carbocycles. The molecule has 3 aromatic rings. The molecule has 2 aromatic carbocycles. The highest BCUT2D eigenvalue weighted by Crippen LogP contribution is 2.18. The maximum absolute atomic E-state index is 12.4. The van der Waals surface area contributed by atoms with E-state index in [1.807, 2.05) is 61.5 Å². The van der Waals surface area contributed by atoms with E-state index in [0.29, 0.717) is 5.56 Å². The van der Waals surface area contributed by atoms with Crippen LogP contribution in [0.2, 0.25) is 0 Å². The van der Waals surface area contributed by atoms with Gasteiger partial charge in [0.2, 0.25) is 0 Å². The highest BCUT2D eigenvalue weighted by Gasteiger charge is 2.10. The average Bonchev–Trinajstić information content (AvgIpc) is 2.68. The minimum absolute atomic E-state index is 0.0261. The summed E-state index contributed by atoms with van der Waals surface area (Å²) in [5.74, 6) is -0.0261. The molecule has 3 nitrogen and oxygen atoms in total. The van der Waals surface area contributed by atoms with Crippen LogP contribution < -0.4 is 5.32 Å². The summed E-state index contributed by atoms with van der Waals surface area (Å²) >= 11 is 0. The highest BCUT2D eigenvalue weighted by molar-refractivity contribution is 5.94. The Kier molecular flexibility index (Phi) is 5.57. The third-order valence-electron chi connectivity index (χ3n) is 4.25. The van der Waals surface area contributed by atoms with Crippen molar-refractivity contribution in [2.24, 2.45) is 0 Å². The Morgan fingerprint density at radius 2 is 1.56 bits per heavy atom. The third-order valence-corrected chi connectivity index (χ3v) is 4.25. The lowest BCUT2D eigenvalue weighted by Crippen LogP contribution is -2.32. The van der Waals surface area contributed by atoms with Crippen LogP contribution >= 0.6 is 0 Å². The van der Waals surface area contributed by atoms with Gasteiger partial charge in [-0.05, 0) is 60.7 Å². The van der Waals surface area contributed by atoms with Gasteiger partial charge in [0.15, 0.2) is 0 Å². The van der Waals surface area contributed by atoms with Crippen LogP contribution in [-0.2, 0) is 6.42 Å². The molecule has 0 fully saturated rings. The monoisotopic (exact) mass is 330 g/mol. The molecule has 1 unspecified atom stereocenters. The van der Waals surface area contributed by atoms with Gasteiger partial charge in [0.05, 0.1) is 0 Å². The second kappa shape index (κ2) is 8.25. The molecule has 0 radical (unpaired) electrons. The summed E-state index contributed by atoms with van der Waals surface area (Å²) in [6, 6.07) is 22.1. The molecule has 3 rings (SSSR count). The number of aryl methyl sites for hydroxylation is 1. The van der Waals surface area contributed by atoms with E-state index >= 15 is 0 Å². The maximum atomic E-state index is 12.4. The van der Waals surface area contributed by atoms with Crippen LogP contribution in [0, 0.1) is 0 Å². The van der Waals surface area contributed by atoms with Gasteiger partial charge in [-0.2, -0.15) is 0 Å². The summed E-state index contributed by atoms with van der Waals surface area (Å²) in [4.78, 5) is 16.4. The molecular formula is C22H22N2O. The lowest BCUT2D eigenvalue weighted by atomic mass is 10.0. The van der Waals surface area contributed by atoms with Gasteiger partial charge in [-0.25, -0.2) is 0 Å². The van der Waals surface area contributed by atoms with Crippen molar-refractivity contribution < 1.29 is 4.79 Å². The normalized spacial score (nSPS) is 11.7. The Balaban J connectivity index is 1.55. The van der Waals surface area contributed by atoms with Crippen LogP contribution in [0.25, 0.3) is 11.1 Å². The fourth-order valence-corrected chi connectivity index (χ4v) is 2.77. The number of carbonyl (C=O) groups is 1.